The molecule has 0 aliphatic rings. The zero-order valence-corrected chi connectivity index (χ0v) is 36.3. The number of para-hydroxylation sites is 2. The van der Waals surface area contributed by atoms with Gasteiger partial charge in [0.2, 0.25) is 0 Å². The van der Waals surface area contributed by atoms with Gasteiger partial charge < -0.3 is 9.80 Å². The van der Waals surface area contributed by atoms with E-state index in [9.17, 15) is 0 Å². The second kappa shape index (κ2) is 16.1. The molecule has 12 aromatic rings. The Morgan fingerprint density at radius 3 is 1.20 bits per heavy atom. The third-order valence-electron chi connectivity index (χ3n) is 12.2. The Hall–Kier alpha value is -7.83. The van der Waals surface area contributed by atoms with Gasteiger partial charge in [-0.05, 0) is 157 Å². The number of aromatic nitrogens is 1. The highest BCUT2D eigenvalue weighted by molar-refractivity contribution is 7.23. The van der Waals surface area contributed by atoms with Crippen molar-refractivity contribution < 1.29 is 0 Å². The monoisotopic (exact) mass is 853 g/mol. The molecule has 0 amide bonds. The van der Waals surface area contributed by atoms with Gasteiger partial charge in [-0.2, -0.15) is 0 Å². The summed E-state index contributed by atoms with van der Waals surface area (Å²) in [6.45, 7) is 0. The summed E-state index contributed by atoms with van der Waals surface area (Å²) >= 11 is 3.64. The lowest BCUT2D eigenvalue weighted by molar-refractivity contribution is 1.32. The molecule has 0 aliphatic carbocycles. The van der Waals surface area contributed by atoms with E-state index < -0.39 is 0 Å². The first kappa shape index (κ1) is 37.9. The molecule has 3 heterocycles. The minimum atomic E-state index is 1.12. The van der Waals surface area contributed by atoms with E-state index in [-0.39, 0.29) is 0 Å². The van der Waals surface area contributed by atoms with Crippen LogP contribution in [0.25, 0.3) is 75.1 Å². The van der Waals surface area contributed by atoms with Crippen LogP contribution < -0.4 is 9.80 Å². The molecule has 5 heteroatoms. The first-order valence-electron chi connectivity index (χ1n) is 21.5. The summed E-state index contributed by atoms with van der Waals surface area (Å²) in [6, 6.07) is 81.7. The van der Waals surface area contributed by atoms with Crippen LogP contribution in [-0.2, 0) is 0 Å². The number of nitrogens with zero attached hydrogens (tertiary/aromatic N) is 3. The smallest absolute Gasteiger partial charge is 0.101 e. The van der Waals surface area contributed by atoms with E-state index in [0.717, 1.165) is 33.9 Å². The van der Waals surface area contributed by atoms with Gasteiger partial charge in [0.25, 0.3) is 0 Å². The molecule has 0 radical (unpaired) electrons. The van der Waals surface area contributed by atoms with Crippen LogP contribution in [-0.4, -0.2) is 4.98 Å². The van der Waals surface area contributed by atoms with E-state index in [0.29, 0.717) is 0 Å². The Balaban J connectivity index is 1.02. The third-order valence-corrected chi connectivity index (χ3v) is 14.4. The highest BCUT2D eigenvalue weighted by atomic mass is 32.1. The molecule has 0 bridgehead atoms. The molecular formula is C59H39N3S2. The molecule has 0 N–H and O–H groups in total. The SMILES string of the molecule is c1ccc(N(c2ccc(-c3c4ccccc4c(-c4ccc(N(c5ccccc5)c5cc6ccccc6s5)cc4)c4cc(-c5ccncc5)ccc34)cc2)c2cc3ccccc3s2)cc1. The molecule has 9 aromatic carbocycles. The van der Waals surface area contributed by atoms with E-state index >= 15 is 0 Å². The minimum absolute atomic E-state index is 1.12. The van der Waals surface area contributed by atoms with Crippen molar-refractivity contribution >= 4 is 97.1 Å². The molecule has 0 atom stereocenters. The molecule has 0 saturated heterocycles. The summed E-state index contributed by atoms with van der Waals surface area (Å²) in [6.07, 6.45) is 3.75. The van der Waals surface area contributed by atoms with Gasteiger partial charge in [0.05, 0.1) is 0 Å². The van der Waals surface area contributed by atoms with Crippen LogP contribution in [0.1, 0.15) is 0 Å². The van der Waals surface area contributed by atoms with E-state index in [4.69, 9.17) is 0 Å². The summed E-state index contributed by atoms with van der Waals surface area (Å²) in [4.78, 5) is 9.08. The second-order valence-corrected chi connectivity index (χ2v) is 18.1. The van der Waals surface area contributed by atoms with Crippen LogP contribution in [0.5, 0.6) is 0 Å². The number of thiophene rings is 2. The van der Waals surface area contributed by atoms with Crippen LogP contribution in [0.3, 0.4) is 0 Å². The number of benzene rings is 9. The maximum absolute atomic E-state index is 4.33. The fraction of sp³-hybridized carbons (Fsp3) is 0. The van der Waals surface area contributed by atoms with Gasteiger partial charge in [0.15, 0.2) is 0 Å². The fourth-order valence-electron chi connectivity index (χ4n) is 9.20. The Morgan fingerprint density at radius 1 is 0.297 bits per heavy atom. The Labute approximate surface area is 380 Å². The summed E-state index contributed by atoms with van der Waals surface area (Å²) in [7, 11) is 0. The molecule has 0 unspecified atom stereocenters. The van der Waals surface area contributed by atoms with E-state index in [1.165, 1.54) is 74.0 Å². The predicted octanol–water partition coefficient (Wildman–Crippen LogP) is 17.8. The van der Waals surface area contributed by atoms with Crippen molar-refractivity contribution in [1.82, 2.24) is 4.98 Å². The molecule has 0 aliphatic heterocycles. The maximum atomic E-state index is 4.33. The van der Waals surface area contributed by atoms with Gasteiger partial charge >= 0.3 is 0 Å². The topological polar surface area (TPSA) is 19.4 Å². The van der Waals surface area contributed by atoms with Crippen molar-refractivity contribution in [2.75, 3.05) is 9.80 Å². The van der Waals surface area contributed by atoms with Crippen molar-refractivity contribution in [3.05, 3.63) is 237 Å². The molecule has 3 aromatic heterocycles. The largest absolute Gasteiger partial charge is 0.302 e. The average molecular weight is 854 g/mol. The second-order valence-electron chi connectivity index (χ2n) is 16.0. The van der Waals surface area contributed by atoms with Crippen molar-refractivity contribution in [3.8, 4) is 33.4 Å². The Morgan fingerprint density at radius 2 is 0.703 bits per heavy atom. The lowest BCUT2D eigenvalue weighted by atomic mass is 9.85. The number of hydrogen-bond donors (Lipinski definition) is 0. The average Bonchev–Trinajstić information content (AvgIpc) is 3.99. The van der Waals surface area contributed by atoms with Gasteiger partial charge in [-0.1, -0.05) is 133 Å². The number of anilines is 6. The van der Waals surface area contributed by atoms with Crippen molar-refractivity contribution in [1.29, 1.82) is 0 Å². The third kappa shape index (κ3) is 6.79. The van der Waals surface area contributed by atoms with Crippen LogP contribution in [0.15, 0.2) is 237 Å². The highest BCUT2D eigenvalue weighted by Crippen LogP contribution is 2.48. The van der Waals surface area contributed by atoms with Crippen molar-refractivity contribution in [2.24, 2.45) is 0 Å². The normalized spacial score (nSPS) is 11.4. The van der Waals surface area contributed by atoms with Gasteiger partial charge in [0, 0.05) is 44.5 Å². The Bertz CT molecular complexity index is 3530. The summed E-state index contributed by atoms with van der Waals surface area (Å²) < 4.78 is 2.55. The minimum Gasteiger partial charge on any atom is -0.302 e. The first-order valence-corrected chi connectivity index (χ1v) is 23.1. The number of fused-ring (bicyclic) bond motifs is 4. The highest BCUT2D eigenvalue weighted by Gasteiger charge is 2.21. The molecular weight excluding hydrogens is 815 g/mol. The van der Waals surface area contributed by atoms with Gasteiger partial charge in [0.1, 0.15) is 10.0 Å². The number of rotatable bonds is 9. The van der Waals surface area contributed by atoms with Crippen molar-refractivity contribution in [2.45, 2.75) is 0 Å². The maximum Gasteiger partial charge on any atom is 0.101 e. The van der Waals surface area contributed by atoms with Crippen LogP contribution >= 0.6 is 22.7 Å². The molecule has 12 rings (SSSR count). The van der Waals surface area contributed by atoms with E-state index in [1.807, 2.05) is 35.1 Å². The van der Waals surface area contributed by atoms with E-state index in [2.05, 4.69) is 239 Å². The fourth-order valence-corrected chi connectivity index (χ4v) is 11.4. The zero-order chi connectivity index (χ0) is 42.4. The molecule has 0 fully saturated rings. The van der Waals surface area contributed by atoms with Crippen molar-refractivity contribution in [3.63, 3.8) is 0 Å². The number of hydrogen-bond acceptors (Lipinski definition) is 5. The van der Waals surface area contributed by atoms with Gasteiger partial charge in [-0.3, -0.25) is 4.98 Å². The molecule has 0 spiro atoms. The molecule has 0 saturated carbocycles. The van der Waals surface area contributed by atoms with E-state index in [1.54, 1.807) is 0 Å². The summed E-state index contributed by atoms with van der Waals surface area (Å²) in [5, 5.41) is 9.73. The lowest BCUT2D eigenvalue weighted by Crippen LogP contribution is -2.08. The lowest BCUT2D eigenvalue weighted by Gasteiger charge is -2.24. The number of pyridine rings is 1. The predicted molar refractivity (Wildman–Crippen MR) is 276 cm³/mol. The first-order chi connectivity index (χ1) is 31.7. The Kier molecular flexibility index (Phi) is 9.55. The molecule has 3 nitrogen and oxygen atoms in total. The molecule has 302 valence electrons. The van der Waals surface area contributed by atoms with Crippen LogP contribution in [0.4, 0.5) is 32.8 Å². The standard InChI is InChI=1S/C59H39N3S2/c1-3-15-46(16-4-1)61(56-38-44-13-7-11-21-54(44)63-56)48-28-23-41(24-29-48)58-50-19-9-10-20-51(50)59(53-37-43(27-32-52(53)58)40-33-35-60-36-34-40)42-25-30-49(31-26-42)62(47-17-5-2-6-18-47)57-39-45-14-8-12-22-55(45)64-57/h1-39H. The zero-order valence-electron chi connectivity index (χ0n) is 34.7. The van der Waals surface area contributed by atoms with Crippen LogP contribution in [0, 0.1) is 0 Å². The van der Waals surface area contributed by atoms with Gasteiger partial charge in [-0.15, -0.1) is 22.7 Å². The quantitative estimate of drug-likeness (QED) is 0.135. The molecule has 64 heavy (non-hydrogen) atoms. The summed E-state index contributed by atoms with van der Waals surface area (Å²) in [5.74, 6) is 0. The van der Waals surface area contributed by atoms with Crippen LogP contribution in [0.2, 0.25) is 0 Å². The summed E-state index contributed by atoms with van der Waals surface area (Å²) in [5.41, 5.74) is 11.6. The van der Waals surface area contributed by atoms with Gasteiger partial charge in [-0.25, -0.2) is 0 Å².